The highest BCUT2D eigenvalue weighted by Gasteiger charge is 2.38. The Kier molecular flexibility index (Phi) is 7.13. The van der Waals surface area contributed by atoms with Crippen molar-refractivity contribution in [2.75, 3.05) is 0 Å². The molecule has 1 aromatic heterocycles. The summed E-state index contributed by atoms with van der Waals surface area (Å²) in [6, 6.07) is 61.7. The Balaban J connectivity index is 1.26. The third-order valence-corrected chi connectivity index (χ3v) is 14.8. The van der Waals surface area contributed by atoms with E-state index in [2.05, 4.69) is 190 Å². The molecule has 60 heavy (non-hydrogen) atoms. The maximum absolute atomic E-state index is 5.22. The average molecular weight is 782 g/mol. The van der Waals surface area contributed by atoms with Crippen molar-refractivity contribution in [2.45, 2.75) is 32.1 Å². The molecule has 0 unspecified atom stereocenters. The molecule has 11 aromatic rings. The van der Waals surface area contributed by atoms with Crippen LogP contribution in [0.5, 0.6) is 0 Å². The quantitative estimate of drug-likeness (QED) is 0.129. The Hall–Kier alpha value is -6.87. The minimum atomic E-state index is -0.0834. The minimum absolute atomic E-state index is 0.0834. The monoisotopic (exact) mass is 781 g/mol. The second-order valence-corrected chi connectivity index (χ2v) is 18.3. The molecule has 2 aliphatic carbocycles. The molecule has 0 spiro atoms. The normalized spacial score (nSPS) is 14.7. The number of hydrogen-bond acceptors (Lipinski definition) is 2. The van der Waals surface area contributed by atoms with Crippen LogP contribution in [0.3, 0.4) is 0 Å². The van der Waals surface area contributed by atoms with E-state index in [1.54, 1.807) is 16.9 Å². The van der Waals surface area contributed by atoms with Gasteiger partial charge in [-0.1, -0.05) is 153 Å². The highest BCUT2D eigenvalue weighted by molar-refractivity contribution is 7.21. The van der Waals surface area contributed by atoms with Gasteiger partial charge in [0.1, 0.15) is 5.01 Å². The van der Waals surface area contributed by atoms with Crippen LogP contribution in [0.4, 0.5) is 0 Å². The number of thiazole rings is 1. The predicted octanol–water partition coefficient (Wildman–Crippen LogP) is 16.6. The third kappa shape index (κ3) is 4.77. The Labute approximate surface area is 352 Å². The molecule has 0 atom stereocenters. The smallest absolute Gasteiger partial charge is 0.124 e. The van der Waals surface area contributed by atoms with E-state index in [1.165, 1.54) is 108 Å². The molecule has 0 radical (unpaired) electrons. The van der Waals surface area contributed by atoms with Gasteiger partial charge >= 0.3 is 0 Å². The fourth-order valence-electron chi connectivity index (χ4n) is 11.0. The highest BCUT2D eigenvalue weighted by atomic mass is 32.1. The van der Waals surface area contributed by atoms with Crippen molar-refractivity contribution in [2.24, 2.45) is 0 Å². The van der Waals surface area contributed by atoms with E-state index in [-0.39, 0.29) is 5.41 Å². The number of hydrogen-bond donors (Lipinski definition) is 0. The lowest BCUT2D eigenvalue weighted by molar-refractivity contribution is 0.608. The van der Waals surface area contributed by atoms with E-state index in [0.29, 0.717) is 0 Å². The van der Waals surface area contributed by atoms with Gasteiger partial charge in [-0.2, -0.15) is 0 Å². The molecular formula is C58H39NS. The molecule has 2 aliphatic rings. The van der Waals surface area contributed by atoms with Crippen LogP contribution in [0.15, 0.2) is 182 Å². The van der Waals surface area contributed by atoms with Gasteiger partial charge in [-0.3, -0.25) is 0 Å². The zero-order chi connectivity index (χ0) is 39.7. The molecule has 0 fully saturated rings. The largest absolute Gasteiger partial charge is 0.236 e. The van der Waals surface area contributed by atoms with E-state index in [1.807, 2.05) is 0 Å². The summed E-state index contributed by atoms with van der Waals surface area (Å²) in [6.07, 6.45) is 6.98. The fraction of sp³-hybridized carbons (Fsp3) is 0.0862. The standard InChI is InChI=1S/C58H39NS/c1-58(2)51-24-12-11-23-43(51)45-32-49-50(33-52(45)58)56(47-30-35-16-4-6-18-38(35)40-20-8-10-22-42(40)47)48-31-36(57-59-53-25-13-14-26-54(53)60-57)27-28-44(48)55(49)46-29-34-15-3-5-17-37(34)39-19-7-9-21-41(39)46/h3-11,13-23,25-33H,12,24H2,1-2H3. The Bertz CT molecular complexity index is 3710. The molecule has 10 aromatic carbocycles. The zero-order valence-electron chi connectivity index (χ0n) is 33.5. The summed E-state index contributed by atoms with van der Waals surface area (Å²) in [5.74, 6) is 0. The van der Waals surface area contributed by atoms with E-state index < -0.39 is 0 Å². The summed E-state index contributed by atoms with van der Waals surface area (Å²) in [5, 5.41) is 16.3. The minimum Gasteiger partial charge on any atom is -0.236 e. The lowest BCUT2D eigenvalue weighted by Crippen LogP contribution is -2.17. The number of benzene rings is 10. The Morgan fingerprint density at radius 2 is 1.05 bits per heavy atom. The number of allylic oxidation sites excluding steroid dienone is 4. The summed E-state index contributed by atoms with van der Waals surface area (Å²) in [5.41, 5.74) is 13.0. The SMILES string of the molecule is CC1(C)C2=C(C=CCC2)c2cc3c(-c4cc5ccccc5c5ccccc45)c4ccc(-c5nc6ccccc6s5)cc4c(-c4cc5ccccc5c5ccccc45)c3cc21. The molecule has 1 nitrogen and oxygen atoms in total. The van der Waals surface area contributed by atoms with Crippen LogP contribution in [0.1, 0.15) is 37.8 Å². The summed E-state index contributed by atoms with van der Waals surface area (Å²) >= 11 is 1.78. The van der Waals surface area contributed by atoms with E-state index >= 15 is 0 Å². The number of para-hydroxylation sites is 1. The lowest BCUT2D eigenvalue weighted by atomic mass is 9.76. The Morgan fingerprint density at radius 1 is 0.483 bits per heavy atom. The van der Waals surface area contributed by atoms with E-state index in [0.717, 1.165) is 28.9 Å². The number of nitrogens with zero attached hydrogens (tertiary/aromatic N) is 1. The fourth-order valence-corrected chi connectivity index (χ4v) is 11.9. The molecule has 0 amide bonds. The average Bonchev–Trinajstić information content (AvgIpc) is 3.83. The van der Waals surface area contributed by atoms with Crippen molar-refractivity contribution in [1.82, 2.24) is 4.98 Å². The van der Waals surface area contributed by atoms with Crippen molar-refractivity contribution in [3.8, 4) is 32.8 Å². The van der Waals surface area contributed by atoms with Gasteiger partial charge in [-0.25, -0.2) is 4.98 Å². The van der Waals surface area contributed by atoms with Gasteiger partial charge in [0.05, 0.1) is 10.2 Å². The first-order valence-electron chi connectivity index (χ1n) is 21.2. The molecule has 0 bridgehead atoms. The third-order valence-electron chi connectivity index (χ3n) is 13.8. The van der Waals surface area contributed by atoms with Gasteiger partial charge in [0.15, 0.2) is 0 Å². The van der Waals surface area contributed by atoms with Gasteiger partial charge < -0.3 is 0 Å². The molecule has 1 heterocycles. The van der Waals surface area contributed by atoms with Crippen LogP contribution in [0.2, 0.25) is 0 Å². The van der Waals surface area contributed by atoms with Crippen LogP contribution in [-0.4, -0.2) is 4.98 Å². The van der Waals surface area contributed by atoms with Crippen LogP contribution in [-0.2, 0) is 5.41 Å². The molecule has 13 rings (SSSR count). The van der Waals surface area contributed by atoms with Crippen molar-refractivity contribution < 1.29 is 0 Å². The first-order valence-corrected chi connectivity index (χ1v) is 22.0. The van der Waals surface area contributed by atoms with Crippen molar-refractivity contribution >= 4 is 91.8 Å². The summed E-state index contributed by atoms with van der Waals surface area (Å²) in [4.78, 5) is 5.22. The highest BCUT2D eigenvalue weighted by Crippen LogP contribution is 2.55. The van der Waals surface area contributed by atoms with Crippen LogP contribution in [0.25, 0.3) is 113 Å². The van der Waals surface area contributed by atoms with Crippen LogP contribution >= 0.6 is 11.3 Å². The van der Waals surface area contributed by atoms with Gasteiger partial charge in [0, 0.05) is 11.0 Å². The van der Waals surface area contributed by atoms with E-state index in [4.69, 9.17) is 4.98 Å². The van der Waals surface area contributed by atoms with E-state index in [9.17, 15) is 0 Å². The van der Waals surface area contributed by atoms with Gasteiger partial charge in [0.25, 0.3) is 0 Å². The number of aromatic nitrogens is 1. The maximum atomic E-state index is 5.22. The molecule has 282 valence electrons. The van der Waals surface area contributed by atoms with Crippen LogP contribution in [0, 0.1) is 0 Å². The van der Waals surface area contributed by atoms with Gasteiger partial charge in [0.2, 0.25) is 0 Å². The maximum Gasteiger partial charge on any atom is 0.124 e. The lowest BCUT2D eigenvalue weighted by Gasteiger charge is -2.27. The first-order chi connectivity index (χ1) is 29.5. The number of rotatable bonds is 3. The van der Waals surface area contributed by atoms with Crippen LogP contribution < -0.4 is 0 Å². The second kappa shape index (κ2) is 12.6. The Morgan fingerprint density at radius 3 is 1.73 bits per heavy atom. The molecule has 0 saturated carbocycles. The predicted molar refractivity (Wildman–Crippen MR) is 259 cm³/mol. The molecule has 0 N–H and O–H groups in total. The first kappa shape index (κ1) is 34.0. The van der Waals surface area contributed by atoms with Crippen molar-refractivity contribution in [3.63, 3.8) is 0 Å². The van der Waals surface area contributed by atoms with Gasteiger partial charge in [-0.05, 0) is 159 Å². The summed E-state index contributed by atoms with van der Waals surface area (Å²) in [6.45, 7) is 4.91. The molecule has 0 aliphatic heterocycles. The molecule has 0 saturated heterocycles. The molecular weight excluding hydrogens is 743 g/mol. The molecule has 2 heteroatoms. The summed E-state index contributed by atoms with van der Waals surface area (Å²) < 4.78 is 1.21. The van der Waals surface area contributed by atoms with Gasteiger partial charge in [-0.15, -0.1) is 11.3 Å². The van der Waals surface area contributed by atoms with Crippen molar-refractivity contribution in [3.05, 3.63) is 193 Å². The van der Waals surface area contributed by atoms with Crippen molar-refractivity contribution in [1.29, 1.82) is 0 Å². The number of fused-ring (bicyclic) bond motifs is 11. The summed E-state index contributed by atoms with van der Waals surface area (Å²) in [7, 11) is 0. The zero-order valence-corrected chi connectivity index (χ0v) is 34.3. The topological polar surface area (TPSA) is 12.9 Å². The second-order valence-electron chi connectivity index (χ2n) is 17.3.